The summed E-state index contributed by atoms with van der Waals surface area (Å²) in [6.07, 6.45) is -1.14. The van der Waals surface area contributed by atoms with Gasteiger partial charge in [-0.3, -0.25) is 0 Å². The van der Waals surface area contributed by atoms with Crippen LogP contribution in [0.3, 0.4) is 0 Å². The molecule has 8 nitrogen and oxygen atoms in total. The SMILES string of the molecule is CC(C)(C)O[C@@H]1O[C@H](CN(C(=O)NCCCl)C2CCCCC2)[C@@H](O)[C@H](O)[C@H]1O. The number of carbonyl (C=O) groups is 1. The average molecular weight is 423 g/mol. The number of rotatable bonds is 6. The first-order valence-corrected chi connectivity index (χ1v) is 10.7. The number of halogens is 1. The first kappa shape index (κ1) is 23.6. The molecule has 0 unspecified atom stereocenters. The Morgan fingerprint density at radius 1 is 1.14 bits per heavy atom. The summed E-state index contributed by atoms with van der Waals surface area (Å²) < 4.78 is 11.5. The summed E-state index contributed by atoms with van der Waals surface area (Å²) in [5, 5.41) is 33.8. The quantitative estimate of drug-likeness (QED) is 0.478. The number of aliphatic hydroxyl groups excluding tert-OH is 3. The summed E-state index contributed by atoms with van der Waals surface area (Å²) in [6, 6.07) is -0.233. The van der Waals surface area contributed by atoms with Crippen LogP contribution in [0.5, 0.6) is 0 Å². The molecule has 1 heterocycles. The smallest absolute Gasteiger partial charge is 0.317 e. The van der Waals surface area contributed by atoms with Gasteiger partial charge in [-0.2, -0.15) is 0 Å². The minimum atomic E-state index is -1.43. The van der Waals surface area contributed by atoms with E-state index in [9.17, 15) is 20.1 Å². The molecule has 0 radical (unpaired) electrons. The highest BCUT2D eigenvalue weighted by Gasteiger charge is 2.46. The third-order valence-electron chi connectivity index (χ3n) is 5.16. The van der Waals surface area contributed by atoms with Crippen molar-refractivity contribution >= 4 is 17.6 Å². The predicted octanol–water partition coefficient (Wildman–Crippen LogP) is 1.19. The van der Waals surface area contributed by atoms with Crippen molar-refractivity contribution in [2.75, 3.05) is 19.0 Å². The van der Waals surface area contributed by atoms with Gasteiger partial charge in [0.2, 0.25) is 0 Å². The van der Waals surface area contributed by atoms with Crippen LogP contribution in [0.2, 0.25) is 0 Å². The van der Waals surface area contributed by atoms with Gasteiger partial charge < -0.3 is 35.0 Å². The Morgan fingerprint density at radius 3 is 2.36 bits per heavy atom. The molecule has 2 amide bonds. The van der Waals surface area contributed by atoms with E-state index in [1.807, 2.05) is 20.8 Å². The van der Waals surface area contributed by atoms with E-state index in [1.54, 1.807) is 4.90 Å². The van der Waals surface area contributed by atoms with E-state index >= 15 is 0 Å². The molecule has 1 aliphatic carbocycles. The average Bonchev–Trinajstić information content (AvgIpc) is 2.65. The van der Waals surface area contributed by atoms with Gasteiger partial charge in [-0.15, -0.1) is 11.6 Å². The van der Waals surface area contributed by atoms with E-state index in [0.29, 0.717) is 12.4 Å². The van der Waals surface area contributed by atoms with Gasteiger partial charge >= 0.3 is 6.03 Å². The van der Waals surface area contributed by atoms with Crippen molar-refractivity contribution < 1.29 is 29.6 Å². The van der Waals surface area contributed by atoms with Gasteiger partial charge in [-0.25, -0.2) is 4.79 Å². The summed E-state index contributed by atoms with van der Waals surface area (Å²) in [7, 11) is 0. The van der Waals surface area contributed by atoms with Gasteiger partial charge in [0.05, 0.1) is 12.1 Å². The van der Waals surface area contributed by atoms with Gasteiger partial charge in [0.15, 0.2) is 6.29 Å². The van der Waals surface area contributed by atoms with Crippen molar-refractivity contribution in [3.8, 4) is 0 Å². The Kier molecular flexibility index (Phi) is 8.79. The van der Waals surface area contributed by atoms with Crippen LogP contribution < -0.4 is 5.32 Å². The first-order valence-electron chi connectivity index (χ1n) is 10.1. The molecule has 2 fully saturated rings. The van der Waals surface area contributed by atoms with Crippen LogP contribution in [0, 0.1) is 0 Å². The normalized spacial score (nSPS) is 32.2. The molecule has 2 rings (SSSR count). The number of amides is 2. The van der Waals surface area contributed by atoms with E-state index in [-0.39, 0.29) is 18.6 Å². The number of ether oxygens (including phenoxy) is 2. The van der Waals surface area contributed by atoms with Gasteiger partial charge in [-0.1, -0.05) is 19.3 Å². The van der Waals surface area contributed by atoms with Crippen LogP contribution in [0.25, 0.3) is 0 Å². The topological polar surface area (TPSA) is 111 Å². The largest absolute Gasteiger partial charge is 0.388 e. The number of hydrogen-bond donors (Lipinski definition) is 4. The standard InChI is InChI=1S/C19H35ClN2O6/c1-19(2,3)28-17-16(25)15(24)14(23)13(27-17)11-22(18(26)21-10-9-20)12-7-5-4-6-8-12/h12-17,23-25H,4-11H2,1-3H3,(H,21,26)/t13-,14-,15+,16-,17+/m1/s1. The number of alkyl halides is 1. The third kappa shape index (κ3) is 6.43. The highest BCUT2D eigenvalue weighted by molar-refractivity contribution is 6.18. The van der Waals surface area contributed by atoms with Crippen molar-refractivity contribution in [3.63, 3.8) is 0 Å². The Balaban J connectivity index is 2.13. The molecule has 2 aliphatic rings. The van der Waals surface area contributed by atoms with E-state index in [2.05, 4.69) is 5.32 Å². The summed E-state index contributed by atoms with van der Waals surface area (Å²) in [6.45, 7) is 5.86. The van der Waals surface area contributed by atoms with Crippen molar-refractivity contribution in [2.24, 2.45) is 0 Å². The number of urea groups is 1. The van der Waals surface area contributed by atoms with Crippen molar-refractivity contribution in [3.05, 3.63) is 0 Å². The second-order valence-electron chi connectivity index (χ2n) is 8.61. The van der Waals surface area contributed by atoms with Crippen LogP contribution in [0.1, 0.15) is 52.9 Å². The van der Waals surface area contributed by atoms with Crippen LogP contribution >= 0.6 is 11.6 Å². The molecule has 0 aromatic heterocycles. The molecule has 1 saturated heterocycles. The zero-order valence-corrected chi connectivity index (χ0v) is 17.8. The van der Waals surface area contributed by atoms with Gasteiger partial charge in [-0.05, 0) is 33.6 Å². The lowest BCUT2D eigenvalue weighted by atomic mass is 9.93. The number of nitrogens with zero attached hydrogens (tertiary/aromatic N) is 1. The number of hydrogen-bond acceptors (Lipinski definition) is 6. The molecule has 0 aromatic carbocycles. The van der Waals surface area contributed by atoms with Crippen LogP contribution in [0.4, 0.5) is 4.79 Å². The molecule has 0 spiro atoms. The Hall–Kier alpha value is -0.640. The van der Waals surface area contributed by atoms with E-state index in [1.165, 1.54) is 0 Å². The summed E-state index contributed by atoms with van der Waals surface area (Å²) in [4.78, 5) is 14.4. The second kappa shape index (κ2) is 10.4. The molecular weight excluding hydrogens is 388 g/mol. The molecule has 164 valence electrons. The van der Waals surface area contributed by atoms with Crippen molar-refractivity contribution in [2.45, 2.75) is 95.2 Å². The van der Waals surface area contributed by atoms with Crippen LogP contribution in [-0.4, -0.2) is 87.6 Å². The minimum Gasteiger partial charge on any atom is -0.388 e. The fraction of sp³-hybridized carbons (Fsp3) is 0.947. The molecule has 9 heteroatoms. The zero-order chi connectivity index (χ0) is 20.9. The number of aliphatic hydroxyl groups is 3. The Labute approximate surface area is 172 Å². The summed E-state index contributed by atoms with van der Waals surface area (Å²) in [5.41, 5.74) is -0.612. The van der Waals surface area contributed by atoms with Gasteiger partial charge in [0.1, 0.15) is 24.4 Å². The lowest BCUT2D eigenvalue weighted by molar-refractivity contribution is -0.318. The minimum absolute atomic E-state index is 0.0332. The molecule has 5 atom stereocenters. The molecular formula is C19H35ClN2O6. The van der Waals surface area contributed by atoms with Crippen LogP contribution in [-0.2, 0) is 9.47 Å². The summed E-state index contributed by atoms with van der Waals surface area (Å²) >= 11 is 5.69. The lowest BCUT2D eigenvalue weighted by Crippen LogP contribution is -2.63. The second-order valence-corrected chi connectivity index (χ2v) is 8.99. The highest BCUT2D eigenvalue weighted by atomic mass is 35.5. The zero-order valence-electron chi connectivity index (χ0n) is 17.0. The van der Waals surface area contributed by atoms with Gasteiger partial charge in [0.25, 0.3) is 0 Å². The number of carbonyl (C=O) groups excluding carboxylic acids is 1. The molecule has 0 bridgehead atoms. The van der Waals surface area contributed by atoms with E-state index in [0.717, 1.165) is 32.1 Å². The van der Waals surface area contributed by atoms with Gasteiger partial charge in [0, 0.05) is 18.5 Å². The van der Waals surface area contributed by atoms with E-state index < -0.39 is 36.3 Å². The maximum absolute atomic E-state index is 12.7. The molecule has 0 aromatic rings. The molecule has 4 N–H and O–H groups in total. The fourth-order valence-electron chi connectivity index (χ4n) is 3.75. The first-order chi connectivity index (χ1) is 13.1. The Bertz CT molecular complexity index is 497. The molecule has 1 saturated carbocycles. The third-order valence-corrected chi connectivity index (χ3v) is 5.35. The van der Waals surface area contributed by atoms with Crippen LogP contribution in [0.15, 0.2) is 0 Å². The predicted molar refractivity (Wildman–Crippen MR) is 105 cm³/mol. The van der Waals surface area contributed by atoms with E-state index in [4.69, 9.17) is 21.1 Å². The lowest BCUT2D eigenvalue weighted by Gasteiger charge is -2.45. The number of nitrogens with one attached hydrogen (secondary N) is 1. The molecule has 1 aliphatic heterocycles. The monoisotopic (exact) mass is 422 g/mol. The maximum Gasteiger partial charge on any atom is 0.317 e. The maximum atomic E-state index is 12.7. The van der Waals surface area contributed by atoms with Crippen molar-refractivity contribution in [1.82, 2.24) is 10.2 Å². The fourth-order valence-corrected chi connectivity index (χ4v) is 3.85. The Morgan fingerprint density at radius 2 is 1.79 bits per heavy atom. The molecule has 28 heavy (non-hydrogen) atoms. The highest BCUT2D eigenvalue weighted by Crippen LogP contribution is 2.28. The van der Waals surface area contributed by atoms with Crippen molar-refractivity contribution in [1.29, 1.82) is 0 Å². The summed E-state index contributed by atoms with van der Waals surface area (Å²) in [5.74, 6) is 0.305.